The van der Waals surface area contributed by atoms with Gasteiger partial charge in [0, 0.05) is 6.42 Å². The number of anilines is 1. The lowest BCUT2D eigenvalue weighted by Gasteiger charge is -2.16. The molecule has 2 heterocycles. The van der Waals surface area contributed by atoms with Gasteiger partial charge in [-0.05, 0) is 6.42 Å². The van der Waals surface area contributed by atoms with Crippen LogP contribution in [-0.2, 0) is 9.30 Å². The van der Waals surface area contributed by atoms with E-state index in [0.29, 0.717) is 6.42 Å². The highest BCUT2D eigenvalue weighted by Crippen LogP contribution is 2.39. The maximum absolute atomic E-state index is 11.8. The largest absolute Gasteiger partial charge is 0.391 e. The van der Waals surface area contributed by atoms with E-state index in [1.807, 2.05) is 0 Å². The average Bonchev–Trinajstić information content (AvgIpc) is 2.99. The zero-order valence-electron chi connectivity index (χ0n) is 11.9. The number of imidazole rings is 1. The molecule has 1 fully saturated rings. The van der Waals surface area contributed by atoms with Gasteiger partial charge >= 0.3 is 7.60 Å². The number of fused-ring (bicyclic) bond motifs is 1. The van der Waals surface area contributed by atoms with Crippen LogP contribution in [0.4, 0.5) is 5.95 Å². The Balaban J connectivity index is 1.85. The molecule has 1 saturated carbocycles. The molecule has 0 unspecified atom stereocenters. The van der Waals surface area contributed by atoms with E-state index in [4.69, 9.17) is 20.3 Å². The molecule has 12 heteroatoms. The molecule has 0 saturated heterocycles. The van der Waals surface area contributed by atoms with Crippen LogP contribution in [0.3, 0.4) is 0 Å². The molecular weight excluding hydrogens is 329 g/mol. The van der Waals surface area contributed by atoms with E-state index >= 15 is 0 Å². The van der Waals surface area contributed by atoms with Crippen LogP contribution in [0.25, 0.3) is 11.2 Å². The van der Waals surface area contributed by atoms with Crippen molar-refractivity contribution < 1.29 is 24.2 Å². The van der Waals surface area contributed by atoms with Crippen molar-refractivity contribution in [3.05, 3.63) is 16.7 Å². The minimum atomic E-state index is -4.27. The van der Waals surface area contributed by atoms with Crippen LogP contribution in [0.15, 0.2) is 11.1 Å². The Hall–Kier alpha value is -1.78. The Morgan fingerprint density at radius 3 is 2.91 bits per heavy atom. The van der Waals surface area contributed by atoms with Gasteiger partial charge in [-0.3, -0.25) is 14.3 Å². The lowest BCUT2D eigenvalue weighted by atomic mass is 10.2. The SMILES string of the molecule is Nc1nc2c(ncn2[C@@H]2C[C@H](OCP(=O)(O)O)C[C@H]2O)c(=O)[nH]1. The Bertz CT molecular complexity index is 828. The highest BCUT2D eigenvalue weighted by Gasteiger charge is 2.36. The summed E-state index contributed by atoms with van der Waals surface area (Å²) >= 11 is 0. The molecule has 2 aromatic heterocycles. The van der Waals surface area contributed by atoms with Gasteiger partial charge in [0.1, 0.15) is 6.35 Å². The van der Waals surface area contributed by atoms with Gasteiger partial charge in [0.05, 0.1) is 24.6 Å². The number of nitrogens with one attached hydrogen (secondary N) is 1. The second-order valence-electron chi connectivity index (χ2n) is 5.46. The van der Waals surface area contributed by atoms with Crippen LogP contribution in [0.1, 0.15) is 18.9 Å². The molecule has 0 aliphatic heterocycles. The number of H-pyrrole nitrogens is 1. The fourth-order valence-electron chi connectivity index (χ4n) is 2.77. The summed E-state index contributed by atoms with van der Waals surface area (Å²) in [5.41, 5.74) is 5.39. The van der Waals surface area contributed by atoms with Crippen molar-refractivity contribution in [1.82, 2.24) is 19.5 Å². The minimum Gasteiger partial charge on any atom is -0.391 e. The van der Waals surface area contributed by atoms with E-state index in [2.05, 4.69) is 15.0 Å². The molecule has 126 valence electrons. The first-order valence-electron chi connectivity index (χ1n) is 6.81. The smallest absolute Gasteiger partial charge is 0.350 e. The van der Waals surface area contributed by atoms with E-state index in [1.54, 1.807) is 0 Å². The molecule has 0 bridgehead atoms. The van der Waals surface area contributed by atoms with Crippen LogP contribution < -0.4 is 11.3 Å². The monoisotopic (exact) mass is 345 g/mol. The topological polar surface area (TPSA) is 177 Å². The molecule has 0 spiro atoms. The first kappa shape index (κ1) is 16.1. The third-order valence-corrected chi connectivity index (χ3v) is 4.22. The van der Waals surface area contributed by atoms with E-state index in [0.717, 1.165) is 0 Å². The molecule has 0 amide bonds. The molecule has 11 nitrogen and oxygen atoms in total. The third kappa shape index (κ3) is 3.28. The number of aromatic nitrogens is 4. The van der Waals surface area contributed by atoms with E-state index < -0.39 is 37.8 Å². The van der Waals surface area contributed by atoms with Gasteiger partial charge in [0.25, 0.3) is 5.56 Å². The first-order valence-corrected chi connectivity index (χ1v) is 8.61. The van der Waals surface area contributed by atoms with Gasteiger partial charge in [-0.1, -0.05) is 0 Å². The minimum absolute atomic E-state index is 0.0639. The number of nitrogens with two attached hydrogens (primary N) is 1. The van der Waals surface area contributed by atoms with Crippen molar-refractivity contribution in [2.24, 2.45) is 0 Å². The fraction of sp³-hybridized carbons (Fsp3) is 0.545. The van der Waals surface area contributed by atoms with Gasteiger partial charge in [-0.25, -0.2) is 4.98 Å². The quantitative estimate of drug-likeness (QED) is 0.431. The summed E-state index contributed by atoms with van der Waals surface area (Å²) in [5, 5.41) is 10.2. The van der Waals surface area contributed by atoms with Crippen LogP contribution >= 0.6 is 7.60 Å². The first-order chi connectivity index (χ1) is 10.7. The number of aliphatic hydroxyl groups excluding tert-OH is 1. The Labute approximate surface area is 129 Å². The molecule has 1 aliphatic carbocycles. The number of rotatable bonds is 4. The highest BCUT2D eigenvalue weighted by atomic mass is 31.2. The van der Waals surface area contributed by atoms with Crippen molar-refractivity contribution in [3.63, 3.8) is 0 Å². The average molecular weight is 345 g/mol. The summed E-state index contributed by atoms with van der Waals surface area (Å²) in [5.74, 6) is -0.0639. The molecule has 23 heavy (non-hydrogen) atoms. The highest BCUT2D eigenvalue weighted by molar-refractivity contribution is 7.51. The van der Waals surface area contributed by atoms with Gasteiger partial charge in [0.2, 0.25) is 5.95 Å². The maximum atomic E-state index is 11.8. The number of nitrogens with zero attached hydrogens (tertiary/aromatic N) is 3. The van der Waals surface area contributed by atoms with Crippen LogP contribution in [-0.4, -0.2) is 53.0 Å². The van der Waals surface area contributed by atoms with Crippen LogP contribution in [0.2, 0.25) is 0 Å². The molecule has 0 aromatic carbocycles. The number of hydrogen-bond donors (Lipinski definition) is 5. The Kier molecular flexibility index (Phi) is 3.98. The standard InChI is InChI=1S/C11H16N5O6P/c12-11-14-9-8(10(18)15-11)13-3-16(9)6-1-5(2-7(6)17)22-4-23(19,20)21/h3,5-7,17H,1-2,4H2,(H2,19,20,21)(H3,12,14,15,18)/t5-,6+,7+/m0/s1. The predicted molar refractivity (Wildman–Crippen MR) is 78.6 cm³/mol. The van der Waals surface area contributed by atoms with E-state index in [-0.39, 0.29) is 23.5 Å². The third-order valence-electron chi connectivity index (χ3n) is 3.74. The summed E-state index contributed by atoms with van der Waals surface area (Å²) < 4.78 is 17.5. The van der Waals surface area contributed by atoms with Gasteiger partial charge < -0.3 is 29.9 Å². The lowest BCUT2D eigenvalue weighted by Crippen LogP contribution is -2.19. The number of nitrogen functional groups attached to an aromatic ring is 1. The zero-order chi connectivity index (χ0) is 16.8. The predicted octanol–water partition coefficient (Wildman–Crippen LogP) is -1.08. The zero-order valence-corrected chi connectivity index (χ0v) is 12.8. The van der Waals surface area contributed by atoms with E-state index in [1.165, 1.54) is 10.9 Å². The maximum Gasteiger partial charge on any atom is 0.350 e. The summed E-state index contributed by atoms with van der Waals surface area (Å²) in [7, 11) is -4.27. The number of hydrogen-bond acceptors (Lipinski definition) is 7. The lowest BCUT2D eigenvalue weighted by molar-refractivity contribution is 0.0666. The number of aromatic amines is 1. The molecule has 6 N–H and O–H groups in total. The normalized spacial score (nSPS) is 25.3. The molecular formula is C11H16N5O6P. The number of aliphatic hydroxyl groups is 1. The van der Waals surface area contributed by atoms with Crippen molar-refractivity contribution in [2.45, 2.75) is 31.1 Å². The molecule has 2 aromatic rings. The van der Waals surface area contributed by atoms with Crippen molar-refractivity contribution in [1.29, 1.82) is 0 Å². The van der Waals surface area contributed by atoms with E-state index in [9.17, 15) is 14.5 Å². The Morgan fingerprint density at radius 1 is 1.48 bits per heavy atom. The summed E-state index contributed by atoms with van der Waals surface area (Å²) in [6, 6.07) is -0.476. The van der Waals surface area contributed by atoms with Gasteiger partial charge in [-0.15, -0.1) is 0 Å². The van der Waals surface area contributed by atoms with Crippen LogP contribution in [0.5, 0.6) is 0 Å². The van der Waals surface area contributed by atoms with Crippen molar-refractivity contribution >= 4 is 24.7 Å². The number of ether oxygens (including phenoxy) is 1. The van der Waals surface area contributed by atoms with Gasteiger partial charge in [-0.2, -0.15) is 4.98 Å². The summed E-state index contributed by atoms with van der Waals surface area (Å²) in [4.78, 5) is 39.8. The molecule has 3 rings (SSSR count). The van der Waals surface area contributed by atoms with Crippen molar-refractivity contribution in [2.75, 3.05) is 12.1 Å². The summed E-state index contributed by atoms with van der Waals surface area (Å²) in [6.45, 7) is 0. The van der Waals surface area contributed by atoms with Gasteiger partial charge in [0.15, 0.2) is 11.2 Å². The summed E-state index contributed by atoms with van der Waals surface area (Å²) in [6.07, 6.45) is -0.140. The molecule has 1 aliphatic rings. The fourth-order valence-corrected chi connectivity index (χ4v) is 3.18. The van der Waals surface area contributed by atoms with Crippen molar-refractivity contribution in [3.8, 4) is 0 Å². The molecule has 0 radical (unpaired) electrons. The van der Waals surface area contributed by atoms with Crippen LogP contribution in [0, 0.1) is 0 Å². The second-order valence-corrected chi connectivity index (χ2v) is 7.05. The molecule has 3 atom stereocenters. The Morgan fingerprint density at radius 2 is 2.22 bits per heavy atom. The second kappa shape index (κ2) is 5.69.